The average molecular weight is 511 g/mol. The second-order valence-electron chi connectivity index (χ2n) is 7.95. The number of nitrogens with one attached hydrogen (secondary N) is 1. The number of thioether (sulfide) groups is 1. The minimum atomic E-state index is -1.15. The maximum Gasteiger partial charge on any atom is 0.322 e. The van der Waals surface area contributed by atoms with Crippen molar-refractivity contribution in [3.63, 3.8) is 0 Å². The number of methoxy groups -OCH3 is 1. The molecule has 0 unspecified atom stereocenters. The van der Waals surface area contributed by atoms with E-state index in [2.05, 4.69) is 35.2 Å². The van der Waals surface area contributed by atoms with Crippen molar-refractivity contribution in [3.8, 4) is 0 Å². The lowest BCUT2D eigenvalue weighted by Crippen LogP contribution is -2.44. The number of aliphatic hydroxyl groups excluding tert-OH is 1. The van der Waals surface area contributed by atoms with Crippen LogP contribution in [0.25, 0.3) is 0 Å². The Morgan fingerprint density at radius 3 is 2.49 bits per heavy atom. The smallest absolute Gasteiger partial charge is 0.322 e. The summed E-state index contributed by atoms with van der Waals surface area (Å²) in [5, 5.41) is 21.2. The van der Waals surface area contributed by atoms with Crippen LogP contribution in [-0.2, 0) is 19.1 Å². The van der Waals surface area contributed by atoms with Crippen LogP contribution in [0.1, 0.15) is 58.3 Å². The maximum atomic E-state index is 11.9. The van der Waals surface area contributed by atoms with E-state index in [1.807, 2.05) is 30.4 Å². The Labute approximate surface area is 213 Å². The lowest BCUT2D eigenvalue weighted by atomic mass is 10.1. The molecule has 9 heteroatoms. The molecular formula is C26H42N2O6S. The Balaban J connectivity index is 4.75. The zero-order chi connectivity index (χ0) is 26.3. The number of rotatable bonds is 20. The molecule has 1 amide bonds. The number of carbonyl (C=O) groups excluding carboxylic acids is 2. The van der Waals surface area contributed by atoms with E-state index in [9.17, 15) is 19.5 Å². The van der Waals surface area contributed by atoms with Crippen molar-refractivity contribution in [2.24, 2.45) is 5.73 Å². The minimum absolute atomic E-state index is 0.197. The number of esters is 1. The first-order valence-electron chi connectivity index (χ1n) is 12.1. The normalized spacial score (nSPS) is 14.6. The number of amides is 1. The molecule has 0 saturated carbocycles. The number of ether oxygens (including phenoxy) is 1. The molecule has 0 bridgehead atoms. The van der Waals surface area contributed by atoms with Gasteiger partial charge in [-0.15, -0.1) is 11.8 Å². The van der Waals surface area contributed by atoms with Crippen molar-refractivity contribution >= 4 is 29.6 Å². The van der Waals surface area contributed by atoms with Crippen molar-refractivity contribution in [1.82, 2.24) is 5.32 Å². The summed E-state index contributed by atoms with van der Waals surface area (Å²) in [6.07, 6.45) is 21.8. The molecule has 0 aromatic heterocycles. The Kier molecular flexibility index (Phi) is 20.6. The van der Waals surface area contributed by atoms with E-state index in [1.165, 1.54) is 38.1 Å². The van der Waals surface area contributed by atoms with E-state index in [-0.39, 0.29) is 23.4 Å². The van der Waals surface area contributed by atoms with Crippen LogP contribution in [0.4, 0.5) is 0 Å². The zero-order valence-corrected chi connectivity index (χ0v) is 21.8. The summed E-state index contributed by atoms with van der Waals surface area (Å²) < 4.78 is 4.62. The summed E-state index contributed by atoms with van der Waals surface area (Å²) in [5.74, 6) is -1.85. The predicted octanol–water partition coefficient (Wildman–Crippen LogP) is 3.52. The third kappa shape index (κ3) is 19.6. The molecule has 35 heavy (non-hydrogen) atoms. The van der Waals surface area contributed by atoms with Crippen molar-refractivity contribution < 1.29 is 29.3 Å². The van der Waals surface area contributed by atoms with Crippen LogP contribution in [0.3, 0.4) is 0 Å². The first kappa shape index (κ1) is 32.6. The molecule has 8 nitrogen and oxygen atoms in total. The van der Waals surface area contributed by atoms with Crippen molar-refractivity contribution in [1.29, 1.82) is 0 Å². The molecule has 0 aromatic carbocycles. The number of unbranched alkanes of at least 4 members (excludes halogenated alkanes) is 3. The summed E-state index contributed by atoms with van der Waals surface area (Å²) in [7, 11) is 1.32. The van der Waals surface area contributed by atoms with Crippen LogP contribution >= 0.6 is 11.8 Å². The highest BCUT2D eigenvalue weighted by molar-refractivity contribution is 8.00. The second-order valence-corrected chi connectivity index (χ2v) is 9.16. The van der Waals surface area contributed by atoms with Crippen LogP contribution < -0.4 is 11.1 Å². The van der Waals surface area contributed by atoms with Gasteiger partial charge in [0.2, 0.25) is 5.91 Å². The number of carboxylic acid groups (broad SMARTS) is 1. The van der Waals surface area contributed by atoms with Gasteiger partial charge >= 0.3 is 11.9 Å². The molecule has 198 valence electrons. The third-order valence-corrected chi connectivity index (χ3v) is 6.30. The quantitative estimate of drug-likeness (QED) is 0.0844. The molecule has 0 aliphatic carbocycles. The molecule has 0 aliphatic rings. The molecule has 5 N–H and O–H groups in total. The van der Waals surface area contributed by atoms with Gasteiger partial charge in [0.25, 0.3) is 0 Å². The first-order chi connectivity index (χ1) is 16.8. The molecule has 0 spiro atoms. The fourth-order valence-corrected chi connectivity index (χ4v) is 4.01. The van der Waals surface area contributed by atoms with Gasteiger partial charge in [0, 0.05) is 17.4 Å². The van der Waals surface area contributed by atoms with Crippen LogP contribution in [-0.4, -0.2) is 64.9 Å². The van der Waals surface area contributed by atoms with Gasteiger partial charge in [-0.2, -0.15) is 0 Å². The molecule has 0 aromatic rings. The SMILES string of the molecule is CCCCC/C=C\C\C=C/C=C\C=C/[C@@H](SC[C@@H](N)C(=O)NCC(=O)O)[C@@H](O)CCCC(=O)OC. The fourth-order valence-electron chi connectivity index (χ4n) is 2.86. The maximum absolute atomic E-state index is 11.9. The van der Waals surface area contributed by atoms with E-state index in [0.29, 0.717) is 12.8 Å². The molecule has 0 radical (unpaired) electrons. The average Bonchev–Trinajstić information content (AvgIpc) is 2.84. The van der Waals surface area contributed by atoms with E-state index >= 15 is 0 Å². The highest BCUT2D eigenvalue weighted by Gasteiger charge is 2.21. The number of hydrogen-bond acceptors (Lipinski definition) is 7. The van der Waals surface area contributed by atoms with Crippen LogP contribution in [0, 0.1) is 0 Å². The summed E-state index contributed by atoms with van der Waals surface area (Å²) >= 11 is 1.30. The lowest BCUT2D eigenvalue weighted by Gasteiger charge is -2.21. The van der Waals surface area contributed by atoms with E-state index in [4.69, 9.17) is 10.8 Å². The summed E-state index contributed by atoms with van der Waals surface area (Å²) in [5.41, 5.74) is 5.86. The molecule has 0 fully saturated rings. The third-order valence-electron chi connectivity index (χ3n) is 4.89. The van der Waals surface area contributed by atoms with Crippen molar-refractivity contribution in [2.75, 3.05) is 19.4 Å². The van der Waals surface area contributed by atoms with Gasteiger partial charge in [-0.05, 0) is 32.1 Å². The first-order valence-corrected chi connectivity index (χ1v) is 13.1. The number of nitrogens with two attached hydrogens (primary N) is 1. The Morgan fingerprint density at radius 2 is 1.80 bits per heavy atom. The summed E-state index contributed by atoms with van der Waals surface area (Å²) in [6, 6.07) is -0.911. The number of carboxylic acids is 1. The monoisotopic (exact) mass is 510 g/mol. The van der Waals surface area contributed by atoms with Crippen molar-refractivity contribution in [2.45, 2.75) is 75.7 Å². The van der Waals surface area contributed by atoms with E-state index < -0.39 is 30.6 Å². The summed E-state index contributed by atoms with van der Waals surface area (Å²) in [4.78, 5) is 33.8. The minimum Gasteiger partial charge on any atom is -0.480 e. The molecule has 3 atom stereocenters. The van der Waals surface area contributed by atoms with E-state index in [0.717, 1.165) is 12.8 Å². The van der Waals surface area contributed by atoms with Gasteiger partial charge < -0.3 is 26.0 Å². The van der Waals surface area contributed by atoms with Crippen molar-refractivity contribution in [3.05, 3.63) is 48.6 Å². The lowest BCUT2D eigenvalue weighted by molar-refractivity contribution is -0.141. The molecule has 0 rings (SSSR count). The predicted molar refractivity (Wildman–Crippen MR) is 142 cm³/mol. The number of aliphatic hydroxyl groups is 1. The van der Waals surface area contributed by atoms with Crippen LogP contribution in [0.2, 0.25) is 0 Å². The zero-order valence-electron chi connectivity index (χ0n) is 20.9. The van der Waals surface area contributed by atoms with Crippen LogP contribution in [0.5, 0.6) is 0 Å². The van der Waals surface area contributed by atoms with Gasteiger partial charge in [0.05, 0.1) is 19.3 Å². The number of carbonyl (C=O) groups is 3. The van der Waals surface area contributed by atoms with Gasteiger partial charge in [0.1, 0.15) is 6.54 Å². The van der Waals surface area contributed by atoms with E-state index in [1.54, 1.807) is 0 Å². The fraction of sp³-hybridized carbons (Fsp3) is 0.577. The highest BCUT2D eigenvalue weighted by atomic mass is 32.2. The molecular weight excluding hydrogens is 468 g/mol. The Hall–Kier alpha value is -2.36. The Morgan fingerprint density at radius 1 is 1.06 bits per heavy atom. The molecule has 0 aliphatic heterocycles. The number of hydrogen-bond donors (Lipinski definition) is 4. The van der Waals surface area contributed by atoms with Crippen LogP contribution in [0.15, 0.2) is 48.6 Å². The number of allylic oxidation sites excluding steroid dienone is 7. The van der Waals surface area contributed by atoms with Gasteiger partial charge in [-0.1, -0.05) is 68.4 Å². The molecule has 0 heterocycles. The molecule has 0 saturated heterocycles. The topological polar surface area (TPSA) is 139 Å². The standard InChI is InChI=1S/C26H42N2O6S/c1-3-4-5-6-7-8-9-10-11-12-13-14-17-23(22(29)16-15-18-25(32)34-2)35-20-21(27)26(33)28-19-24(30)31/h7-8,10-14,17,21-23,29H,3-6,9,15-16,18-20,27H2,1-2H3,(H,28,33)(H,30,31)/b8-7-,11-10-,13-12-,17-14-/t21-,22+,23-/m1/s1. The number of aliphatic carboxylic acids is 1. The van der Waals surface area contributed by atoms with Gasteiger partial charge in [0.15, 0.2) is 0 Å². The van der Waals surface area contributed by atoms with Gasteiger partial charge in [-0.25, -0.2) is 0 Å². The largest absolute Gasteiger partial charge is 0.480 e. The van der Waals surface area contributed by atoms with Gasteiger partial charge in [-0.3, -0.25) is 14.4 Å². The summed E-state index contributed by atoms with van der Waals surface area (Å²) in [6.45, 7) is 1.70. The second kappa shape index (κ2) is 22.1. The highest BCUT2D eigenvalue weighted by Crippen LogP contribution is 2.21. The Bertz CT molecular complexity index is 721.